The monoisotopic (exact) mass is 238 g/mol. The zero-order chi connectivity index (χ0) is 13.1. The first-order chi connectivity index (χ1) is 7.79. The summed E-state index contributed by atoms with van der Waals surface area (Å²) < 4.78 is 1.80. The van der Waals surface area contributed by atoms with E-state index in [0.717, 1.165) is 5.69 Å². The number of nitrogens with one attached hydrogen (secondary N) is 2. The Morgan fingerprint density at radius 1 is 1.53 bits per heavy atom. The summed E-state index contributed by atoms with van der Waals surface area (Å²) in [7, 11) is 1.89. The average molecular weight is 238 g/mol. The SMILES string of the molecule is CC(NCC(=O)NC(C)(C)C)c1ccnn1C. The summed E-state index contributed by atoms with van der Waals surface area (Å²) in [6, 6.07) is 2.05. The maximum absolute atomic E-state index is 11.6. The van der Waals surface area contributed by atoms with E-state index < -0.39 is 0 Å². The lowest BCUT2D eigenvalue weighted by Crippen LogP contribution is -2.45. The van der Waals surface area contributed by atoms with E-state index in [9.17, 15) is 4.79 Å². The topological polar surface area (TPSA) is 59.0 Å². The van der Waals surface area contributed by atoms with Crippen molar-refractivity contribution in [2.45, 2.75) is 39.3 Å². The number of nitrogens with zero attached hydrogens (tertiary/aromatic N) is 2. The molecule has 0 saturated carbocycles. The van der Waals surface area contributed by atoms with Crippen LogP contribution in [0.25, 0.3) is 0 Å². The molecule has 0 radical (unpaired) electrons. The van der Waals surface area contributed by atoms with Gasteiger partial charge in [-0.15, -0.1) is 0 Å². The third kappa shape index (κ3) is 4.56. The van der Waals surface area contributed by atoms with Crippen molar-refractivity contribution in [2.75, 3.05) is 6.54 Å². The number of carbonyl (C=O) groups excluding carboxylic acids is 1. The van der Waals surface area contributed by atoms with Gasteiger partial charge in [-0.3, -0.25) is 9.48 Å². The summed E-state index contributed by atoms with van der Waals surface area (Å²) in [6.45, 7) is 8.23. The van der Waals surface area contributed by atoms with E-state index >= 15 is 0 Å². The van der Waals surface area contributed by atoms with Crippen LogP contribution in [0.3, 0.4) is 0 Å². The van der Waals surface area contributed by atoms with Gasteiger partial charge >= 0.3 is 0 Å². The zero-order valence-corrected chi connectivity index (χ0v) is 11.2. The fraction of sp³-hybridized carbons (Fsp3) is 0.667. The van der Waals surface area contributed by atoms with Gasteiger partial charge in [0, 0.05) is 24.8 Å². The Balaban J connectivity index is 2.41. The standard InChI is InChI=1S/C12H22N4O/c1-9(10-6-7-14-16(10)5)13-8-11(17)15-12(2,3)4/h6-7,9,13H,8H2,1-5H3,(H,15,17). The molecule has 5 nitrogen and oxygen atoms in total. The van der Waals surface area contributed by atoms with Gasteiger partial charge in [-0.25, -0.2) is 0 Å². The van der Waals surface area contributed by atoms with Crippen molar-refractivity contribution in [3.63, 3.8) is 0 Å². The van der Waals surface area contributed by atoms with Gasteiger partial charge in [0.05, 0.1) is 12.2 Å². The van der Waals surface area contributed by atoms with Crippen molar-refractivity contribution in [2.24, 2.45) is 7.05 Å². The highest BCUT2D eigenvalue weighted by atomic mass is 16.2. The normalized spacial score (nSPS) is 13.5. The third-order valence-corrected chi connectivity index (χ3v) is 2.39. The predicted octanol–water partition coefficient (Wildman–Crippen LogP) is 0.985. The number of carbonyl (C=O) groups is 1. The van der Waals surface area contributed by atoms with Crippen molar-refractivity contribution in [1.29, 1.82) is 0 Å². The molecule has 1 atom stereocenters. The van der Waals surface area contributed by atoms with Gasteiger partial charge < -0.3 is 10.6 Å². The molecule has 0 saturated heterocycles. The lowest BCUT2D eigenvalue weighted by Gasteiger charge is -2.21. The summed E-state index contributed by atoms with van der Waals surface area (Å²) in [5, 5.41) is 10.2. The Morgan fingerprint density at radius 3 is 2.65 bits per heavy atom. The maximum Gasteiger partial charge on any atom is 0.234 e. The van der Waals surface area contributed by atoms with Gasteiger partial charge in [0.15, 0.2) is 0 Å². The first kappa shape index (κ1) is 13.7. The summed E-state index contributed by atoms with van der Waals surface area (Å²) in [5.74, 6) is 0.00604. The van der Waals surface area contributed by atoms with E-state index in [0.29, 0.717) is 6.54 Å². The third-order valence-electron chi connectivity index (χ3n) is 2.39. The van der Waals surface area contributed by atoms with E-state index in [2.05, 4.69) is 15.7 Å². The second-order valence-corrected chi connectivity index (χ2v) is 5.28. The Labute approximate surface area is 103 Å². The summed E-state index contributed by atoms with van der Waals surface area (Å²) in [4.78, 5) is 11.6. The van der Waals surface area contributed by atoms with E-state index in [1.165, 1.54) is 0 Å². The van der Waals surface area contributed by atoms with Gasteiger partial charge in [-0.1, -0.05) is 0 Å². The lowest BCUT2D eigenvalue weighted by molar-refractivity contribution is -0.121. The van der Waals surface area contributed by atoms with Crippen molar-refractivity contribution >= 4 is 5.91 Å². The molecule has 1 unspecified atom stereocenters. The molecule has 0 aliphatic heterocycles. The highest BCUT2D eigenvalue weighted by Gasteiger charge is 2.15. The molecule has 1 aromatic heterocycles. The number of rotatable bonds is 4. The minimum atomic E-state index is -0.186. The minimum Gasteiger partial charge on any atom is -0.350 e. The molecular formula is C12H22N4O. The summed E-state index contributed by atoms with van der Waals surface area (Å²) in [5.41, 5.74) is 0.877. The molecule has 0 aliphatic rings. The van der Waals surface area contributed by atoms with Crippen LogP contribution in [-0.2, 0) is 11.8 Å². The number of aromatic nitrogens is 2. The van der Waals surface area contributed by atoms with Crippen molar-refractivity contribution in [1.82, 2.24) is 20.4 Å². The fourth-order valence-corrected chi connectivity index (χ4v) is 1.62. The molecule has 0 fully saturated rings. The molecule has 1 aromatic rings. The van der Waals surface area contributed by atoms with Crippen molar-refractivity contribution in [3.8, 4) is 0 Å². The Hall–Kier alpha value is -1.36. The van der Waals surface area contributed by atoms with Gasteiger partial charge in [-0.2, -0.15) is 5.10 Å². The molecule has 1 heterocycles. The van der Waals surface area contributed by atoms with E-state index in [4.69, 9.17) is 0 Å². The van der Waals surface area contributed by atoms with E-state index in [1.807, 2.05) is 40.8 Å². The van der Waals surface area contributed by atoms with E-state index in [-0.39, 0.29) is 17.5 Å². The second kappa shape index (κ2) is 5.31. The molecule has 0 aromatic carbocycles. The van der Waals surface area contributed by atoms with Crippen LogP contribution in [-0.4, -0.2) is 27.8 Å². The quantitative estimate of drug-likeness (QED) is 0.822. The number of aryl methyl sites for hydroxylation is 1. The van der Waals surface area contributed by atoms with Gasteiger partial charge in [0.25, 0.3) is 0 Å². The van der Waals surface area contributed by atoms with Gasteiger partial charge in [0.2, 0.25) is 5.91 Å². The van der Waals surface area contributed by atoms with Crippen LogP contribution in [0, 0.1) is 0 Å². The van der Waals surface area contributed by atoms with Gasteiger partial charge in [0.1, 0.15) is 0 Å². The lowest BCUT2D eigenvalue weighted by atomic mass is 10.1. The first-order valence-electron chi connectivity index (χ1n) is 5.82. The fourth-order valence-electron chi connectivity index (χ4n) is 1.62. The molecular weight excluding hydrogens is 216 g/mol. The van der Waals surface area contributed by atoms with Crippen molar-refractivity contribution < 1.29 is 4.79 Å². The largest absolute Gasteiger partial charge is 0.350 e. The number of amides is 1. The van der Waals surface area contributed by atoms with Crippen LogP contribution < -0.4 is 10.6 Å². The molecule has 5 heteroatoms. The minimum absolute atomic E-state index is 0.00604. The van der Waals surface area contributed by atoms with Crippen molar-refractivity contribution in [3.05, 3.63) is 18.0 Å². The molecule has 0 spiro atoms. The molecule has 0 aliphatic carbocycles. The highest BCUT2D eigenvalue weighted by molar-refractivity contribution is 5.78. The Morgan fingerprint density at radius 2 is 2.18 bits per heavy atom. The second-order valence-electron chi connectivity index (χ2n) is 5.28. The van der Waals surface area contributed by atoms with Crippen LogP contribution in [0.2, 0.25) is 0 Å². The number of hydrogen-bond acceptors (Lipinski definition) is 3. The smallest absolute Gasteiger partial charge is 0.234 e. The van der Waals surface area contributed by atoms with Crippen LogP contribution >= 0.6 is 0 Å². The molecule has 96 valence electrons. The Kier molecular flexibility index (Phi) is 4.28. The Bertz CT molecular complexity index is 378. The molecule has 0 bridgehead atoms. The highest BCUT2D eigenvalue weighted by Crippen LogP contribution is 2.09. The average Bonchev–Trinajstić information content (AvgIpc) is 2.58. The predicted molar refractivity (Wildman–Crippen MR) is 67.5 cm³/mol. The summed E-state index contributed by atoms with van der Waals surface area (Å²) >= 11 is 0. The zero-order valence-electron chi connectivity index (χ0n) is 11.2. The number of hydrogen-bond donors (Lipinski definition) is 2. The molecule has 1 amide bonds. The van der Waals surface area contributed by atoms with Crippen LogP contribution in [0.15, 0.2) is 12.3 Å². The van der Waals surface area contributed by atoms with Gasteiger partial charge in [-0.05, 0) is 33.8 Å². The maximum atomic E-state index is 11.6. The first-order valence-corrected chi connectivity index (χ1v) is 5.82. The molecule has 1 rings (SSSR count). The van der Waals surface area contributed by atoms with E-state index in [1.54, 1.807) is 10.9 Å². The van der Waals surface area contributed by atoms with Crippen LogP contribution in [0.4, 0.5) is 0 Å². The summed E-state index contributed by atoms with van der Waals surface area (Å²) in [6.07, 6.45) is 1.75. The van der Waals surface area contributed by atoms with Crippen LogP contribution in [0.5, 0.6) is 0 Å². The molecule has 17 heavy (non-hydrogen) atoms. The van der Waals surface area contributed by atoms with Crippen LogP contribution in [0.1, 0.15) is 39.4 Å². The molecule has 2 N–H and O–H groups in total.